The van der Waals surface area contributed by atoms with Gasteiger partial charge in [-0.1, -0.05) is 39.3 Å². The highest BCUT2D eigenvalue weighted by Crippen LogP contribution is 2.21. The zero-order valence-corrected chi connectivity index (χ0v) is 13.3. The first-order chi connectivity index (χ1) is 9.78. The van der Waals surface area contributed by atoms with Gasteiger partial charge in [-0.2, -0.15) is 0 Å². The molecule has 0 aromatic heterocycles. The first-order valence-corrected chi connectivity index (χ1v) is 7.41. The van der Waals surface area contributed by atoms with Gasteiger partial charge >= 0.3 is 5.97 Å². The first kappa shape index (κ1) is 17.2. The lowest BCUT2D eigenvalue weighted by Crippen LogP contribution is -2.51. The molecule has 0 saturated carbocycles. The number of nitrogens with one attached hydrogen (secondary N) is 1. The van der Waals surface area contributed by atoms with Crippen LogP contribution in [0.4, 0.5) is 0 Å². The van der Waals surface area contributed by atoms with Crippen LogP contribution in [0, 0.1) is 5.92 Å². The Morgan fingerprint density at radius 1 is 1.24 bits per heavy atom. The molecule has 4 heteroatoms. The topological polar surface area (TPSA) is 66.4 Å². The number of carboxylic acid groups (broad SMARTS) is 1. The van der Waals surface area contributed by atoms with Crippen molar-refractivity contribution in [3.8, 4) is 0 Å². The van der Waals surface area contributed by atoms with Gasteiger partial charge in [0.25, 0.3) is 5.91 Å². The number of hydrogen-bond donors (Lipinski definition) is 2. The molecule has 0 fully saturated rings. The summed E-state index contributed by atoms with van der Waals surface area (Å²) >= 11 is 0. The molecule has 116 valence electrons. The Morgan fingerprint density at radius 2 is 1.81 bits per heavy atom. The van der Waals surface area contributed by atoms with E-state index in [1.807, 2.05) is 26.0 Å². The van der Waals surface area contributed by atoms with Crippen LogP contribution in [0.2, 0.25) is 0 Å². The highest BCUT2D eigenvalue weighted by molar-refractivity contribution is 5.95. The molecule has 1 unspecified atom stereocenters. The van der Waals surface area contributed by atoms with Crippen LogP contribution in [0.1, 0.15) is 56.5 Å². The molecule has 2 N–H and O–H groups in total. The molecule has 21 heavy (non-hydrogen) atoms. The first-order valence-electron chi connectivity index (χ1n) is 7.41. The van der Waals surface area contributed by atoms with E-state index < -0.39 is 11.5 Å². The molecule has 4 nitrogen and oxygen atoms in total. The van der Waals surface area contributed by atoms with Crippen LogP contribution in [0.3, 0.4) is 0 Å². The summed E-state index contributed by atoms with van der Waals surface area (Å²) in [6.45, 7) is 7.71. The Labute approximate surface area is 126 Å². The van der Waals surface area contributed by atoms with E-state index in [0.29, 0.717) is 5.56 Å². The maximum atomic E-state index is 12.3. The van der Waals surface area contributed by atoms with Crippen LogP contribution in [0.5, 0.6) is 0 Å². The Morgan fingerprint density at radius 3 is 2.24 bits per heavy atom. The van der Waals surface area contributed by atoms with Gasteiger partial charge in [-0.05, 0) is 37.0 Å². The summed E-state index contributed by atoms with van der Waals surface area (Å²) in [5, 5.41) is 11.9. The largest absolute Gasteiger partial charge is 0.481 e. The molecular formula is C17H25NO3. The molecule has 0 heterocycles. The molecule has 1 aromatic carbocycles. The standard InChI is InChI=1S/C17H25NO3/c1-5-6-13-7-9-14(10-8-13)16(21)18-17(4,12(2)3)11-15(19)20/h7-10,12H,5-6,11H2,1-4H3,(H,18,21)(H,19,20). The van der Waals surface area contributed by atoms with Crippen molar-refractivity contribution in [2.75, 3.05) is 0 Å². The zero-order valence-electron chi connectivity index (χ0n) is 13.3. The molecule has 1 amide bonds. The van der Waals surface area contributed by atoms with E-state index in [9.17, 15) is 9.59 Å². The van der Waals surface area contributed by atoms with Crippen molar-refractivity contribution >= 4 is 11.9 Å². The molecule has 0 aliphatic heterocycles. The third-order valence-electron chi connectivity index (χ3n) is 3.95. The van der Waals surface area contributed by atoms with Gasteiger partial charge < -0.3 is 10.4 Å². The Bertz CT molecular complexity index is 493. The second kappa shape index (κ2) is 7.25. The second-order valence-electron chi connectivity index (χ2n) is 6.04. The monoisotopic (exact) mass is 291 g/mol. The summed E-state index contributed by atoms with van der Waals surface area (Å²) < 4.78 is 0. The minimum absolute atomic E-state index is 0.0249. The van der Waals surface area contributed by atoms with Crippen molar-refractivity contribution in [2.24, 2.45) is 5.92 Å². The van der Waals surface area contributed by atoms with E-state index in [1.165, 1.54) is 5.56 Å². The predicted molar refractivity (Wildman–Crippen MR) is 83.4 cm³/mol. The Kier molecular flexibility index (Phi) is 5.94. The van der Waals surface area contributed by atoms with E-state index in [2.05, 4.69) is 12.2 Å². The van der Waals surface area contributed by atoms with E-state index in [1.54, 1.807) is 19.1 Å². The third-order valence-corrected chi connectivity index (χ3v) is 3.95. The number of carboxylic acids is 1. The minimum Gasteiger partial charge on any atom is -0.481 e. The van der Waals surface area contributed by atoms with Gasteiger partial charge in [0.05, 0.1) is 12.0 Å². The number of aliphatic carboxylic acids is 1. The molecule has 1 aromatic rings. The van der Waals surface area contributed by atoms with Gasteiger partial charge in [-0.3, -0.25) is 9.59 Å². The average Bonchev–Trinajstić information content (AvgIpc) is 2.38. The average molecular weight is 291 g/mol. The maximum Gasteiger partial charge on any atom is 0.305 e. The van der Waals surface area contributed by atoms with Gasteiger partial charge in [0.15, 0.2) is 0 Å². The number of carbonyl (C=O) groups excluding carboxylic acids is 1. The normalized spacial score (nSPS) is 13.8. The van der Waals surface area contributed by atoms with E-state index in [0.717, 1.165) is 12.8 Å². The van der Waals surface area contributed by atoms with E-state index in [-0.39, 0.29) is 18.2 Å². The van der Waals surface area contributed by atoms with Crippen molar-refractivity contribution in [3.05, 3.63) is 35.4 Å². The number of benzene rings is 1. The Hall–Kier alpha value is -1.84. The van der Waals surface area contributed by atoms with Crippen LogP contribution in [-0.2, 0) is 11.2 Å². The van der Waals surface area contributed by atoms with Crippen LogP contribution in [0.25, 0.3) is 0 Å². The summed E-state index contributed by atoms with van der Waals surface area (Å²) in [6.07, 6.45) is 1.96. The predicted octanol–water partition coefficient (Wildman–Crippen LogP) is 3.26. The van der Waals surface area contributed by atoms with Gasteiger partial charge in [0.2, 0.25) is 0 Å². The fourth-order valence-electron chi connectivity index (χ4n) is 2.15. The second-order valence-corrected chi connectivity index (χ2v) is 6.04. The third kappa shape index (κ3) is 4.88. The van der Waals surface area contributed by atoms with E-state index in [4.69, 9.17) is 5.11 Å². The summed E-state index contributed by atoms with van der Waals surface area (Å²) in [5.41, 5.74) is 1.00. The lowest BCUT2D eigenvalue weighted by molar-refractivity contribution is -0.138. The Balaban J connectivity index is 2.84. The summed E-state index contributed by atoms with van der Waals surface area (Å²) in [5.74, 6) is -1.11. The number of aryl methyl sites for hydroxylation is 1. The fourth-order valence-corrected chi connectivity index (χ4v) is 2.15. The van der Waals surface area contributed by atoms with Crippen molar-refractivity contribution < 1.29 is 14.7 Å². The molecule has 1 atom stereocenters. The van der Waals surface area contributed by atoms with Crippen molar-refractivity contribution in [3.63, 3.8) is 0 Å². The van der Waals surface area contributed by atoms with Crippen LogP contribution in [-0.4, -0.2) is 22.5 Å². The van der Waals surface area contributed by atoms with Crippen molar-refractivity contribution in [1.82, 2.24) is 5.32 Å². The molecule has 0 aliphatic carbocycles. The quantitative estimate of drug-likeness (QED) is 0.810. The highest BCUT2D eigenvalue weighted by atomic mass is 16.4. The smallest absolute Gasteiger partial charge is 0.305 e. The van der Waals surface area contributed by atoms with Crippen LogP contribution >= 0.6 is 0 Å². The maximum absolute atomic E-state index is 12.3. The number of carbonyl (C=O) groups is 2. The van der Waals surface area contributed by atoms with Gasteiger partial charge in [-0.15, -0.1) is 0 Å². The van der Waals surface area contributed by atoms with E-state index >= 15 is 0 Å². The van der Waals surface area contributed by atoms with Gasteiger partial charge in [-0.25, -0.2) is 0 Å². The molecule has 0 saturated heterocycles. The lowest BCUT2D eigenvalue weighted by atomic mass is 9.85. The van der Waals surface area contributed by atoms with Crippen LogP contribution in [0.15, 0.2) is 24.3 Å². The number of amides is 1. The van der Waals surface area contributed by atoms with Crippen LogP contribution < -0.4 is 5.32 Å². The minimum atomic E-state index is -0.912. The SMILES string of the molecule is CCCc1ccc(C(=O)NC(C)(CC(=O)O)C(C)C)cc1. The molecule has 0 bridgehead atoms. The summed E-state index contributed by atoms with van der Waals surface area (Å²) in [4.78, 5) is 23.3. The number of hydrogen-bond acceptors (Lipinski definition) is 2. The molecule has 0 spiro atoms. The molecule has 0 aliphatic rings. The summed E-state index contributed by atoms with van der Waals surface area (Å²) in [6, 6.07) is 7.48. The zero-order chi connectivity index (χ0) is 16.0. The summed E-state index contributed by atoms with van der Waals surface area (Å²) in [7, 11) is 0. The van der Waals surface area contributed by atoms with Crippen molar-refractivity contribution in [2.45, 2.75) is 52.5 Å². The molecular weight excluding hydrogens is 266 g/mol. The van der Waals surface area contributed by atoms with Gasteiger partial charge in [0.1, 0.15) is 0 Å². The lowest BCUT2D eigenvalue weighted by Gasteiger charge is -2.33. The van der Waals surface area contributed by atoms with Crippen molar-refractivity contribution in [1.29, 1.82) is 0 Å². The molecule has 0 radical (unpaired) electrons. The number of rotatable bonds is 7. The molecule has 1 rings (SSSR count). The highest BCUT2D eigenvalue weighted by Gasteiger charge is 2.33. The van der Waals surface area contributed by atoms with Gasteiger partial charge in [0, 0.05) is 5.56 Å². The fraction of sp³-hybridized carbons (Fsp3) is 0.529.